The number of cyclic esters (lactones) is 1. The number of aromatic nitrogens is 2. The van der Waals surface area contributed by atoms with Crippen molar-refractivity contribution in [1.29, 1.82) is 0 Å². The molecule has 0 radical (unpaired) electrons. The minimum absolute atomic E-state index is 0.0730. The van der Waals surface area contributed by atoms with Crippen LogP contribution in [-0.4, -0.2) is 43.4 Å². The maximum absolute atomic E-state index is 12.1. The largest absolute Gasteiger partial charge is 0.447 e. The van der Waals surface area contributed by atoms with Crippen LogP contribution >= 0.6 is 0 Å². The molecule has 2 heterocycles. The third-order valence-electron chi connectivity index (χ3n) is 4.72. The van der Waals surface area contributed by atoms with Gasteiger partial charge in [-0.3, -0.25) is 4.90 Å². The van der Waals surface area contributed by atoms with E-state index in [2.05, 4.69) is 15.3 Å². The quantitative estimate of drug-likeness (QED) is 0.789. The Morgan fingerprint density at radius 2 is 1.86 bits per heavy atom. The third kappa shape index (κ3) is 4.24. The lowest BCUT2D eigenvalue weighted by atomic mass is 10.0. The fourth-order valence-electron chi connectivity index (χ4n) is 3.02. The van der Waals surface area contributed by atoms with Crippen LogP contribution in [0.25, 0.3) is 0 Å². The summed E-state index contributed by atoms with van der Waals surface area (Å²) in [6.45, 7) is 6.32. The lowest BCUT2D eigenvalue weighted by Gasteiger charge is -2.23. The highest BCUT2D eigenvalue weighted by Crippen LogP contribution is 2.26. The van der Waals surface area contributed by atoms with Crippen LogP contribution in [-0.2, 0) is 14.6 Å². The van der Waals surface area contributed by atoms with E-state index >= 15 is 0 Å². The number of ether oxygens (including phenoxy) is 1. The molecule has 1 saturated heterocycles. The summed E-state index contributed by atoms with van der Waals surface area (Å²) in [5, 5.41) is 3.19. The first kappa shape index (κ1) is 20.1. The maximum atomic E-state index is 12.1. The molecule has 28 heavy (non-hydrogen) atoms. The molecule has 2 aromatic rings. The summed E-state index contributed by atoms with van der Waals surface area (Å²) in [6, 6.07) is 8.11. The molecule has 150 valence electrons. The van der Waals surface area contributed by atoms with Gasteiger partial charge in [0.25, 0.3) is 0 Å². The van der Waals surface area contributed by atoms with E-state index in [1.54, 1.807) is 41.4 Å². The van der Waals surface area contributed by atoms with Crippen molar-refractivity contribution in [2.24, 2.45) is 5.92 Å². The van der Waals surface area contributed by atoms with Gasteiger partial charge in [0.05, 0.1) is 17.0 Å². The molecule has 2 atom stereocenters. The smallest absolute Gasteiger partial charge is 0.415 e. The Labute approximate surface area is 164 Å². The zero-order valence-corrected chi connectivity index (χ0v) is 17.1. The number of hydrogen-bond donors (Lipinski definition) is 1. The molecule has 1 aliphatic heterocycles. The van der Waals surface area contributed by atoms with Crippen molar-refractivity contribution in [1.82, 2.24) is 9.97 Å². The van der Waals surface area contributed by atoms with Gasteiger partial charge in [0.15, 0.2) is 9.84 Å². The Kier molecular flexibility index (Phi) is 5.55. The van der Waals surface area contributed by atoms with Gasteiger partial charge in [-0.25, -0.2) is 18.2 Å². The number of amides is 1. The molecule has 0 bridgehead atoms. The Morgan fingerprint density at radius 1 is 1.18 bits per heavy atom. The second-order valence-electron chi connectivity index (χ2n) is 7.20. The monoisotopic (exact) mass is 404 g/mol. The summed E-state index contributed by atoms with van der Waals surface area (Å²) < 4.78 is 28.4. The first-order valence-electron chi connectivity index (χ1n) is 9.02. The van der Waals surface area contributed by atoms with Gasteiger partial charge in [-0.05, 0) is 36.6 Å². The summed E-state index contributed by atoms with van der Waals surface area (Å²) >= 11 is 0. The summed E-state index contributed by atoms with van der Waals surface area (Å²) in [5.74, 6) is 1.09. The molecule has 3 rings (SSSR count). The second-order valence-corrected chi connectivity index (χ2v) is 9.22. The van der Waals surface area contributed by atoms with E-state index in [0.29, 0.717) is 18.4 Å². The maximum Gasteiger partial charge on any atom is 0.415 e. The van der Waals surface area contributed by atoms with E-state index < -0.39 is 15.9 Å². The number of benzene rings is 1. The fourth-order valence-corrected chi connectivity index (χ4v) is 3.65. The Hall–Kier alpha value is -2.68. The Morgan fingerprint density at radius 3 is 2.46 bits per heavy atom. The van der Waals surface area contributed by atoms with E-state index in [9.17, 15) is 13.2 Å². The average Bonchev–Trinajstić information content (AvgIpc) is 3.03. The standard InChI is InChI=1S/C19H24N4O4S/c1-12(2)16-11-27-19(24)23(16)17-9-10-20-18(22-17)21-13(3)14-5-7-15(8-6-14)28(4,25)26/h5-10,12-13,16H,11H2,1-4H3,(H,20,21,22)/t13-,16?/m1/s1. The SMILES string of the molecule is CC(C)C1COC(=O)N1c1ccnc(N[C@H](C)c2ccc(S(C)(=O)=O)cc2)n1. The number of nitrogens with zero attached hydrogens (tertiary/aromatic N) is 3. The zero-order valence-electron chi connectivity index (χ0n) is 16.3. The molecule has 0 spiro atoms. The van der Waals surface area contributed by atoms with Crippen molar-refractivity contribution in [3.8, 4) is 0 Å². The molecule has 8 nitrogen and oxygen atoms in total. The highest BCUT2D eigenvalue weighted by molar-refractivity contribution is 7.90. The van der Waals surface area contributed by atoms with E-state index in [4.69, 9.17) is 4.74 Å². The highest BCUT2D eigenvalue weighted by Gasteiger charge is 2.37. The van der Waals surface area contributed by atoms with Crippen LogP contribution < -0.4 is 10.2 Å². The molecule has 9 heteroatoms. The molecule has 0 saturated carbocycles. The number of rotatable bonds is 6. The Balaban J connectivity index is 1.78. The van der Waals surface area contributed by atoms with Crippen molar-refractivity contribution in [3.63, 3.8) is 0 Å². The van der Waals surface area contributed by atoms with Crippen LogP contribution in [0, 0.1) is 5.92 Å². The van der Waals surface area contributed by atoms with Crippen LogP contribution in [0.1, 0.15) is 32.4 Å². The van der Waals surface area contributed by atoms with E-state index in [-0.39, 0.29) is 22.9 Å². The van der Waals surface area contributed by atoms with Crippen molar-refractivity contribution < 1.29 is 17.9 Å². The van der Waals surface area contributed by atoms with Crippen molar-refractivity contribution in [3.05, 3.63) is 42.1 Å². The predicted octanol–water partition coefficient (Wildman–Crippen LogP) is 3.03. The number of nitrogens with one attached hydrogen (secondary N) is 1. The van der Waals surface area contributed by atoms with E-state index in [1.165, 1.54) is 6.26 Å². The Bertz CT molecular complexity index is 960. The third-order valence-corrected chi connectivity index (χ3v) is 5.85. The number of carbonyl (C=O) groups excluding carboxylic acids is 1. The van der Waals surface area contributed by atoms with Crippen molar-refractivity contribution in [2.75, 3.05) is 23.1 Å². The van der Waals surface area contributed by atoms with E-state index in [0.717, 1.165) is 5.56 Å². The zero-order chi connectivity index (χ0) is 20.5. The lowest BCUT2D eigenvalue weighted by Crippen LogP contribution is -2.37. The summed E-state index contributed by atoms with van der Waals surface area (Å²) in [5.41, 5.74) is 0.891. The molecule has 1 aliphatic rings. The topological polar surface area (TPSA) is 101 Å². The number of carbonyl (C=O) groups is 1. The van der Waals surface area contributed by atoms with Crippen LogP contribution in [0.4, 0.5) is 16.6 Å². The highest BCUT2D eigenvalue weighted by atomic mass is 32.2. The van der Waals surface area contributed by atoms with Crippen molar-refractivity contribution >= 4 is 27.7 Å². The van der Waals surface area contributed by atoms with Gasteiger partial charge in [0, 0.05) is 12.5 Å². The lowest BCUT2D eigenvalue weighted by molar-refractivity contribution is 0.177. The molecule has 1 N–H and O–H groups in total. The van der Waals surface area contributed by atoms with Gasteiger partial charge in [0.1, 0.15) is 12.4 Å². The molecular formula is C19H24N4O4S. The molecule has 1 aromatic heterocycles. The van der Waals surface area contributed by atoms with Gasteiger partial charge < -0.3 is 10.1 Å². The van der Waals surface area contributed by atoms with Crippen molar-refractivity contribution in [2.45, 2.75) is 37.8 Å². The van der Waals surface area contributed by atoms with Gasteiger partial charge >= 0.3 is 6.09 Å². The van der Waals surface area contributed by atoms with Crippen LogP contribution in [0.15, 0.2) is 41.4 Å². The second kappa shape index (κ2) is 7.75. The molecule has 1 fully saturated rings. The van der Waals surface area contributed by atoms with Gasteiger partial charge in [-0.15, -0.1) is 0 Å². The molecule has 0 aliphatic carbocycles. The van der Waals surface area contributed by atoms with Crippen LogP contribution in [0.5, 0.6) is 0 Å². The van der Waals surface area contributed by atoms with Crippen LogP contribution in [0.2, 0.25) is 0 Å². The van der Waals surface area contributed by atoms with Gasteiger partial charge in [-0.1, -0.05) is 26.0 Å². The summed E-state index contributed by atoms with van der Waals surface area (Å²) in [4.78, 5) is 22.7. The van der Waals surface area contributed by atoms with Crippen LogP contribution in [0.3, 0.4) is 0 Å². The molecule has 1 unspecified atom stereocenters. The summed E-state index contributed by atoms with van der Waals surface area (Å²) in [6.07, 6.45) is 2.36. The fraction of sp³-hybridized carbons (Fsp3) is 0.421. The molecule has 1 aromatic carbocycles. The minimum Gasteiger partial charge on any atom is -0.447 e. The number of hydrogen-bond acceptors (Lipinski definition) is 7. The number of sulfone groups is 1. The number of anilines is 2. The first-order chi connectivity index (χ1) is 13.2. The van der Waals surface area contributed by atoms with Gasteiger partial charge in [0.2, 0.25) is 5.95 Å². The average molecular weight is 404 g/mol. The van der Waals surface area contributed by atoms with E-state index in [1.807, 2.05) is 20.8 Å². The van der Waals surface area contributed by atoms with Gasteiger partial charge in [-0.2, -0.15) is 4.98 Å². The first-order valence-corrected chi connectivity index (χ1v) is 10.9. The molecule has 1 amide bonds. The summed E-state index contributed by atoms with van der Waals surface area (Å²) in [7, 11) is -3.23. The molecular weight excluding hydrogens is 380 g/mol. The normalized spacial score (nSPS) is 18.2. The predicted molar refractivity (Wildman–Crippen MR) is 106 cm³/mol. The minimum atomic E-state index is -3.23.